The number of thiophene rings is 1. The van der Waals surface area contributed by atoms with Crippen LogP contribution in [-0.4, -0.2) is 14.5 Å². The molecule has 0 fully saturated rings. The fourth-order valence-electron chi connectivity index (χ4n) is 7.24. The zero-order valence-corrected chi connectivity index (χ0v) is 26.7. The zero-order chi connectivity index (χ0) is 31.6. The van der Waals surface area contributed by atoms with E-state index in [1.54, 1.807) is 0 Å². The average molecular weight is 630 g/mol. The number of para-hydroxylation sites is 3. The van der Waals surface area contributed by atoms with Gasteiger partial charge >= 0.3 is 0 Å². The highest BCUT2D eigenvalue weighted by atomic mass is 32.1. The average Bonchev–Trinajstić information content (AvgIpc) is 3.71. The molecule has 10 aromatic rings. The van der Waals surface area contributed by atoms with Crippen molar-refractivity contribution in [2.24, 2.45) is 0 Å². The minimum absolute atomic E-state index is 0.730. The third-order valence-corrected chi connectivity index (χ3v) is 10.7. The summed E-state index contributed by atoms with van der Waals surface area (Å²) in [5.41, 5.74) is 9.99. The lowest BCUT2D eigenvalue weighted by Gasteiger charge is -2.11. The molecule has 0 saturated heterocycles. The maximum Gasteiger partial charge on any atom is 0.160 e. The predicted molar refractivity (Wildman–Crippen MR) is 203 cm³/mol. The quantitative estimate of drug-likeness (QED) is 0.194. The van der Waals surface area contributed by atoms with Crippen molar-refractivity contribution in [3.63, 3.8) is 0 Å². The van der Waals surface area contributed by atoms with Crippen LogP contribution >= 0.6 is 11.3 Å². The van der Waals surface area contributed by atoms with Crippen LogP contribution in [0.3, 0.4) is 0 Å². The first kappa shape index (κ1) is 27.1. The fraction of sp³-hybridized carbons (Fsp3) is 0. The highest BCUT2D eigenvalue weighted by molar-refractivity contribution is 7.27. The summed E-state index contributed by atoms with van der Waals surface area (Å²) in [6, 6.07) is 58.1. The molecule has 0 atom stereocenters. The van der Waals surface area contributed by atoms with Crippen LogP contribution in [0.2, 0.25) is 0 Å². The van der Waals surface area contributed by atoms with Gasteiger partial charge in [0.2, 0.25) is 0 Å². The molecular formula is C44H27N3S. The van der Waals surface area contributed by atoms with E-state index >= 15 is 0 Å². The summed E-state index contributed by atoms with van der Waals surface area (Å²) in [6.07, 6.45) is 0. The molecule has 0 saturated carbocycles. The Morgan fingerprint density at radius 3 is 1.98 bits per heavy atom. The summed E-state index contributed by atoms with van der Waals surface area (Å²) in [5, 5.41) is 6.22. The van der Waals surface area contributed by atoms with E-state index in [1.165, 1.54) is 53.2 Å². The Balaban J connectivity index is 1.18. The van der Waals surface area contributed by atoms with E-state index in [0.29, 0.717) is 0 Å². The number of rotatable bonds is 4. The van der Waals surface area contributed by atoms with E-state index in [2.05, 4.69) is 156 Å². The van der Waals surface area contributed by atoms with Crippen LogP contribution in [0, 0.1) is 0 Å². The number of aromatic nitrogens is 3. The van der Waals surface area contributed by atoms with Crippen molar-refractivity contribution in [1.82, 2.24) is 14.5 Å². The number of benzene rings is 7. The summed E-state index contributed by atoms with van der Waals surface area (Å²) >= 11 is 1.89. The zero-order valence-electron chi connectivity index (χ0n) is 25.8. The highest BCUT2D eigenvalue weighted by Gasteiger charge is 2.19. The summed E-state index contributed by atoms with van der Waals surface area (Å²) in [7, 11) is 0. The van der Waals surface area contributed by atoms with E-state index in [-0.39, 0.29) is 0 Å². The van der Waals surface area contributed by atoms with Crippen LogP contribution in [0.5, 0.6) is 0 Å². The van der Waals surface area contributed by atoms with E-state index in [9.17, 15) is 0 Å². The van der Waals surface area contributed by atoms with Crippen molar-refractivity contribution in [2.75, 3.05) is 0 Å². The normalized spacial score (nSPS) is 11.8. The van der Waals surface area contributed by atoms with Gasteiger partial charge in [0.25, 0.3) is 0 Å². The molecule has 3 nitrogen and oxygen atoms in total. The third kappa shape index (κ3) is 4.13. The number of fused-ring (bicyclic) bond motifs is 8. The lowest BCUT2D eigenvalue weighted by atomic mass is 10.00. The predicted octanol–water partition coefficient (Wildman–Crippen LogP) is 12.1. The highest BCUT2D eigenvalue weighted by Crippen LogP contribution is 2.46. The molecule has 3 aromatic heterocycles. The third-order valence-electron chi connectivity index (χ3n) is 9.40. The molecule has 0 amide bonds. The molecule has 7 aromatic carbocycles. The van der Waals surface area contributed by atoms with Crippen LogP contribution in [-0.2, 0) is 0 Å². The van der Waals surface area contributed by atoms with Gasteiger partial charge in [-0.2, -0.15) is 0 Å². The van der Waals surface area contributed by atoms with E-state index < -0.39 is 0 Å². The van der Waals surface area contributed by atoms with Gasteiger partial charge in [-0.25, -0.2) is 9.97 Å². The second-order valence-corrected chi connectivity index (χ2v) is 13.2. The van der Waals surface area contributed by atoms with Crippen LogP contribution in [0.15, 0.2) is 164 Å². The fourth-order valence-corrected chi connectivity index (χ4v) is 8.63. The largest absolute Gasteiger partial charge is 0.309 e. The van der Waals surface area contributed by atoms with Crippen molar-refractivity contribution in [3.8, 4) is 39.5 Å². The van der Waals surface area contributed by atoms with Crippen molar-refractivity contribution < 1.29 is 0 Å². The molecule has 0 aliphatic carbocycles. The smallest absolute Gasteiger partial charge is 0.160 e. The van der Waals surface area contributed by atoms with E-state index in [0.717, 1.165) is 39.1 Å². The summed E-state index contributed by atoms with van der Waals surface area (Å²) in [6.45, 7) is 0. The number of hydrogen-bond donors (Lipinski definition) is 0. The second kappa shape index (κ2) is 10.7. The van der Waals surface area contributed by atoms with Crippen molar-refractivity contribution in [2.45, 2.75) is 0 Å². The molecule has 4 heteroatoms. The first-order valence-corrected chi connectivity index (χ1v) is 17.0. The molecule has 0 spiro atoms. The Hall–Kier alpha value is -6.10. The standard InChI is InChI=1S/C44H27N3S/c1-3-13-28(14-4-1)41-35-19-7-9-23-37(35)45-44(46-41)30-16-11-15-29(27-30)32-21-12-22-33-34-25-26-39-40(43(34)48-42(32)33)36-20-8-10-24-38(36)47(39)31-17-5-2-6-18-31/h1-27H. The van der Waals surface area contributed by atoms with Crippen LogP contribution in [0.25, 0.3) is 92.3 Å². The van der Waals surface area contributed by atoms with Crippen LogP contribution in [0.4, 0.5) is 0 Å². The van der Waals surface area contributed by atoms with Gasteiger partial charge in [0.05, 0.1) is 22.2 Å². The minimum atomic E-state index is 0.730. The van der Waals surface area contributed by atoms with Gasteiger partial charge in [0.1, 0.15) is 0 Å². The Bertz CT molecular complexity index is 2830. The van der Waals surface area contributed by atoms with Gasteiger partial charge < -0.3 is 4.57 Å². The Morgan fingerprint density at radius 1 is 0.438 bits per heavy atom. The van der Waals surface area contributed by atoms with Gasteiger partial charge in [0.15, 0.2) is 5.82 Å². The minimum Gasteiger partial charge on any atom is -0.309 e. The summed E-state index contributed by atoms with van der Waals surface area (Å²) in [5.74, 6) is 0.730. The second-order valence-electron chi connectivity index (χ2n) is 12.2. The van der Waals surface area contributed by atoms with Crippen LogP contribution < -0.4 is 0 Å². The van der Waals surface area contributed by atoms with E-state index in [4.69, 9.17) is 9.97 Å². The molecule has 0 aliphatic heterocycles. The molecule has 0 bridgehead atoms. The Labute approximate surface area is 281 Å². The molecule has 224 valence electrons. The van der Waals surface area contributed by atoms with Crippen molar-refractivity contribution >= 4 is 64.2 Å². The molecule has 10 rings (SSSR count). The maximum atomic E-state index is 5.15. The van der Waals surface area contributed by atoms with E-state index in [1.807, 2.05) is 23.5 Å². The molecule has 48 heavy (non-hydrogen) atoms. The van der Waals surface area contributed by atoms with Gasteiger partial charge in [0, 0.05) is 53.1 Å². The maximum absolute atomic E-state index is 5.15. The topological polar surface area (TPSA) is 30.7 Å². The number of hydrogen-bond acceptors (Lipinski definition) is 3. The first-order valence-electron chi connectivity index (χ1n) is 16.2. The summed E-state index contributed by atoms with van der Waals surface area (Å²) in [4.78, 5) is 10.2. The van der Waals surface area contributed by atoms with Crippen molar-refractivity contribution in [1.29, 1.82) is 0 Å². The molecule has 0 aliphatic rings. The Kier molecular flexibility index (Phi) is 6.05. The molecule has 0 N–H and O–H groups in total. The summed E-state index contributed by atoms with van der Waals surface area (Å²) < 4.78 is 5.01. The van der Waals surface area contributed by atoms with Gasteiger partial charge in [-0.3, -0.25) is 0 Å². The van der Waals surface area contributed by atoms with Gasteiger partial charge in [-0.1, -0.05) is 127 Å². The SMILES string of the molecule is c1ccc(-c2nc(-c3cccc(-c4cccc5c4sc4c5ccc5c4c4ccccc4n5-c4ccccc4)c3)nc3ccccc23)cc1. The Morgan fingerprint density at radius 2 is 1.10 bits per heavy atom. The van der Waals surface area contributed by atoms with Crippen LogP contribution in [0.1, 0.15) is 0 Å². The molecule has 0 radical (unpaired) electrons. The molecule has 3 heterocycles. The monoisotopic (exact) mass is 629 g/mol. The molecule has 0 unspecified atom stereocenters. The number of nitrogens with zero attached hydrogens (tertiary/aromatic N) is 3. The molecular weight excluding hydrogens is 603 g/mol. The lowest BCUT2D eigenvalue weighted by Crippen LogP contribution is -1.95. The van der Waals surface area contributed by atoms with Gasteiger partial charge in [-0.05, 0) is 47.5 Å². The van der Waals surface area contributed by atoms with Crippen molar-refractivity contribution in [3.05, 3.63) is 164 Å². The first-order chi connectivity index (χ1) is 23.8. The van der Waals surface area contributed by atoms with Gasteiger partial charge in [-0.15, -0.1) is 11.3 Å². The lowest BCUT2D eigenvalue weighted by molar-refractivity contribution is 1.18.